The Morgan fingerprint density at radius 3 is 2.15 bits per heavy atom. The number of pyridine rings is 1. The summed E-state index contributed by atoms with van der Waals surface area (Å²) < 4.78 is 32.2. The van der Waals surface area contributed by atoms with Gasteiger partial charge in [-0.2, -0.15) is 0 Å². The van der Waals surface area contributed by atoms with Gasteiger partial charge in [-0.15, -0.1) is 0 Å². The fraction of sp³-hybridized carbons (Fsp3) is 0.355. The highest BCUT2D eigenvalue weighted by atomic mass is 32.2. The molecule has 0 saturated carbocycles. The molecule has 4 rings (SSSR count). The van der Waals surface area contributed by atoms with Gasteiger partial charge in [0.2, 0.25) is 0 Å². The molecular formula is C31H37N3O6S. The number of benzene rings is 2. The quantitative estimate of drug-likeness (QED) is 0.291. The lowest BCUT2D eigenvalue weighted by Crippen LogP contribution is -2.40. The van der Waals surface area contributed by atoms with Crippen LogP contribution >= 0.6 is 0 Å². The van der Waals surface area contributed by atoms with E-state index in [4.69, 9.17) is 4.74 Å². The number of nitrogens with zero attached hydrogens (tertiary/aromatic N) is 1. The van der Waals surface area contributed by atoms with Gasteiger partial charge in [-0.05, 0) is 95.5 Å². The Kier molecular flexibility index (Phi) is 7.47. The predicted octanol–water partition coefficient (Wildman–Crippen LogP) is 5.10. The maximum Gasteiger partial charge on any atom is 0.274 e. The summed E-state index contributed by atoms with van der Waals surface area (Å²) >= 11 is 0. The summed E-state index contributed by atoms with van der Waals surface area (Å²) in [5.74, 6) is 0.578. The number of hydrogen-bond acceptors (Lipinski definition) is 6. The summed E-state index contributed by atoms with van der Waals surface area (Å²) in [4.78, 5) is 29.3. The van der Waals surface area contributed by atoms with Gasteiger partial charge in [0.1, 0.15) is 22.7 Å². The van der Waals surface area contributed by atoms with Crippen LogP contribution in [0.15, 0.2) is 52.3 Å². The number of hydrogen-bond donors (Lipinski definition) is 3. The molecule has 2 aromatic carbocycles. The maximum absolute atomic E-state index is 13.1. The van der Waals surface area contributed by atoms with Crippen molar-refractivity contribution >= 4 is 26.6 Å². The SMILES string of the molecule is Cc1cc(S(C)(=O)=O)cc(C)c1Oc1ccc(C(C)(C)O)cc1-c1cn(C)c(=O)c2[nH]c(C(=O)NC(C)(C)C)cc12. The van der Waals surface area contributed by atoms with Crippen LogP contribution in [0.2, 0.25) is 0 Å². The average Bonchev–Trinajstić information content (AvgIpc) is 3.27. The van der Waals surface area contributed by atoms with Crippen molar-refractivity contribution < 1.29 is 23.1 Å². The van der Waals surface area contributed by atoms with Crippen LogP contribution < -0.4 is 15.6 Å². The van der Waals surface area contributed by atoms with Crippen molar-refractivity contribution in [3.05, 3.63) is 75.3 Å². The van der Waals surface area contributed by atoms with E-state index in [-0.39, 0.29) is 27.6 Å². The third-order valence-electron chi connectivity index (χ3n) is 6.75. The van der Waals surface area contributed by atoms with Crippen molar-refractivity contribution in [1.29, 1.82) is 0 Å². The highest BCUT2D eigenvalue weighted by Crippen LogP contribution is 2.41. The Labute approximate surface area is 240 Å². The second kappa shape index (κ2) is 10.2. The number of ether oxygens (including phenoxy) is 1. The summed E-state index contributed by atoms with van der Waals surface area (Å²) in [7, 11) is -1.79. The largest absolute Gasteiger partial charge is 0.456 e. The van der Waals surface area contributed by atoms with Crippen LogP contribution in [0.3, 0.4) is 0 Å². The van der Waals surface area contributed by atoms with Crippen LogP contribution in [0.1, 0.15) is 61.8 Å². The van der Waals surface area contributed by atoms with E-state index in [1.165, 1.54) is 4.57 Å². The summed E-state index contributed by atoms with van der Waals surface area (Å²) in [6.07, 6.45) is 2.83. The van der Waals surface area contributed by atoms with E-state index in [0.717, 1.165) is 6.26 Å². The molecular weight excluding hydrogens is 542 g/mol. The molecule has 2 aromatic heterocycles. The molecule has 0 fully saturated rings. The molecule has 0 spiro atoms. The molecule has 0 bridgehead atoms. The maximum atomic E-state index is 13.1. The van der Waals surface area contributed by atoms with Gasteiger partial charge in [-0.1, -0.05) is 6.07 Å². The fourth-order valence-electron chi connectivity index (χ4n) is 4.68. The van der Waals surface area contributed by atoms with Crippen LogP contribution in [0.5, 0.6) is 11.5 Å². The summed E-state index contributed by atoms with van der Waals surface area (Å²) in [5.41, 5.74) is 1.62. The number of sulfone groups is 1. The lowest BCUT2D eigenvalue weighted by molar-refractivity contribution is 0.0786. The highest BCUT2D eigenvalue weighted by Gasteiger charge is 2.24. The molecule has 218 valence electrons. The fourth-order valence-corrected chi connectivity index (χ4v) is 5.47. The van der Waals surface area contributed by atoms with Gasteiger partial charge in [0.15, 0.2) is 9.84 Å². The molecule has 0 aliphatic carbocycles. The number of aromatic amines is 1. The van der Waals surface area contributed by atoms with Crippen LogP contribution in [-0.4, -0.2) is 40.8 Å². The van der Waals surface area contributed by atoms with Crippen molar-refractivity contribution in [3.63, 3.8) is 0 Å². The standard InChI is InChI=1S/C31H37N3O6S/c1-17-12-20(41(9,38)39)13-18(2)27(17)40-25-11-10-19(31(6,7)37)14-21(25)23-16-34(8)29(36)26-22(23)15-24(32-26)28(35)33-30(3,4)5/h10-16,32,37H,1-9H3,(H,33,35). The zero-order chi connectivity index (χ0) is 30.7. The number of fused-ring (bicyclic) bond motifs is 1. The topological polar surface area (TPSA) is 130 Å². The molecule has 4 aromatic rings. The van der Waals surface area contributed by atoms with E-state index in [1.807, 2.05) is 20.8 Å². The van der Waals surface area contributed by atoms with Gasteiger partial charge >= 0.3 is 0 Å². The number of aromatic nitrogens is 2. The smallest absolute Gasteiger partial charge is 0.274 e. The minimum atomic E-state index is -3.41. The highest BCUT2D eigenvalue weighted by molar-refractivity contribution is 7.90. The van der Waals surface area contributed by atoms with Crippen molar-refractivity contribution in [1.82, 2.24) is 14.9 Å². The lowest BCUT2D eigenvalue weighted by atomic mass is 9.93. The molecule has 0 atom stereocenters. The predicted molar refractivity (Wildman–Crippen MR) is 161 cm³/mol. The Balaban J connectivity index is 1.97. The second-order valence-corrected chi connectivity index (χ2v) is 14.2. The number of aliphatic hydroxyl groups is 1. The average molecular weight is 580 g/mol. The van der Waals surface area contributed by atoms with Crippen LogP contribution in [-0.2, 0) is 22.5 Å². The van der Waals surface area contributed by atoms with E-state index in [2.05, 4.69) is 10.3 Å². The molecule has 0 unspecified atom stereocenters. The molecule has 0 aliphatic rings. The van der Waals surface area contributed by atoms with Gasteiger partial charge in [0.05, 0.1) is 10.5 Å². The van der Waals surface area contributed by atoms with E-state index in [0.29, 0.717) is 44.7 Å². The van der Waals surface area contributed by atoms with Gasteiger partial charge < -0.3 is 24.7 Å². The van der Waals surface area contributed by atoms with E-state index in [9.17, 15) is 23.1 Å². The van der Waals surface area contributed by atoms with E-state index in [1.54, 1.807) is 77.3 Å². The van der Waals surface area contributed by atoms with Crippen molar-refractivity contribution in [3.8, 4) is 22.6 Å². The van der Waals surface area contributed by atoms with E-state index < -0.39 is 21.0 Å². The van der Waals surface area contributed by atoms with Gasteiger partial charge in [-0.3, -0.25) is 9.59 Å². The number of rotatable bonds is 6. The second-order valence-electron chi connectivity index (χ2n) is 12.2. The minimum Gasteiger partial charge on any atom is -0.456 e. The Bertz CT molecular complexity index is 1830. The third kappa shape index (κ3) is 6.23. The molecule has 0 saturated heterocycles. The monoisotopic (exact) mass is 579 g/mol. The van der Waals surface area contributed by atoms with Gasteiger partial charge in [0.25, 0.3) is 11.5 Å². The first-order valence-corrected chi connectivity index (χ1v) is 15.1. The molecule has 1 amide bonds. The van der Waals surface area contributed by atoms with Crippen LogP contribution in [0.4, 0.5) is 0 Å². The lowest BCUT2D eigenvalue weighted by Gasteiger charge is -2.22. The Hall–Kier alpha value is -3.89. The number of aryl methyl sites for hydroxylation is 3. The zero-order valence-electron chi connectivity index (χ0n) is 24.9. The normalized spacial score (nSPS) is 12.5. The molecule has 10 heteroatoms. The minimum absolute atomic E-state index is 0.200. The van der Waals surface area contributed by atoms with E-state index >= 15 is 0 Å². The zero-order valence-corrected chi connectivity index (χ0v) is 25.7. The molecule has 2 heterocycles. The van der Waals surface area contributed by atoms with Gasteiger partial charge in [-0.25, -0.2) is 8.42 Å². The molecule has 0 radical (unpaired) electrons. The first-order chi connectivity index (χ1) is 18.8. The first kappa shape index (κ1) is 30.1. The molecule has 9 nitrogen and oxygen atoms in total. The van der Waals surface area contributed by atoms with Crippen molar-refractivity contribution in [2.45, 2.75) is 64.5 Å². The van der Waals surface area contributed by atoms with Crippen LogP contribution in [0.25, 0.3) is 22.0 Å². The first-order valence-electron chi connectivity index (χ1n) is 13.2. The summed E-state index contributed by atoms with van der Waals surface area (Å²) in [6, 6.07) is 10.1. The molecule has 0 aliphatic heterocycles. The Morgan fingerprint density at radius 1 is 1.00 bits per heavy atom. The number of nitrogens with one attached hydrogen (secondary N) is 2. The number of H-pyrrole nitrogens is 1. The number of carbonyl (C=O) groups excluding carboxylic acids is 1. The summed E-state index contributed by atoms with van der Waals surface area (Å²) in [6.45, 7) is 12.5. The summed E-state index contributed by atoms with van der Waals surface area (Å²) in [5, 5.41) is 14.3. The molecule has 3 N–H and O–H groups in total. The molecule has 41 heavy (non-hydrogen) atoms. The van der Waals surface area contributed by atoms with Gasteiger partial charge in [0, 0.05) is 41.6 Å². The number of carbonyl (C=O) groups is 1. The van der Waals surface area contributed by atoms with Crippen molar-refractivity contribution in [2.75, 3.05) is 6.26 Å². The Morgan fingerprint density at radius 2 is 1.61 bits per heavy atom. The van der Waals surface area contributed by atoms with Crippen LogP contribution in [0, 0.1) is 13.8 Å². The van der Waals surface area contributed by atoms with Crippen molar-refractivity contribution in [2.24, 2.45) is 7.05 Å². The third-order valence-corrected chi connectivity index (χ3v) is 7.84. The number of amides is 1.